The standard InChI is InChI=1S/C16H17N3O4/c20-13-4-3-12(14(21)18-13)19-6-9-5-10(16(23)7-17-8-16)1-2-11(9)15(19)22/h1-2,5,12,17,23H,3-4,6-8H2,(H,18,20,21). The lowest BCUT2D eigenvalue weighted by atomic mass is 9.86. The number of carbonyl (C=O) groups is 3. The summed E-state index contributed by atoms with van der Waals surface area (Å²) in [5.41, 5.74) is 1.29. The van der Waals surface area contributed by atoms with Crippen LogP contribution in [0.1, 0.15) is 34.3 Å². The number of hydrogen-bond donors (Lipinski definition) is 3. The zero-order chi connectivity index (χ0) is 16.2. The van der Waals surface area contributed by atoms with Gasteiger partial charge in [-0.3, -0.25) is 19.7 Å². The van der Waals surface area contributed by atoms with E-state index in [1.165, 1.54) is 4.90 Å². The van der Waals surface area contributed by atoms with Gasteiger partial charge in [0, 0.05) is 31.6 Å². The van der Waals surface area contributed by atoms with E-state index in [-0.39, 0.29) is 18.2 Å². The number of rotatable bonds is 2. The summed E-state index contributed by atoms with van der Waals surface area (Å²) in [6, 6.07) is 4.73. The molecule has 3 amide bonds. The fourth-order valence-corrected chi connectivity index (χ4v) is 3.43. The molecule has 4 rings (SSSR count). The highest BCUT2D eigenvalue weighted by molar-refractivity contribution is 6.05. The maximum absolute atomic E-state index is 12.6. The van der Waals surface area contributed by atoms with E-state index in [0.29, 0.717) is 31.6 Å². The topological polar surface area (TPSA) is 98.7 Å². The van der Waals surface area contributed by atoms with Gasteiger partial charge in [0.2, 0.25) is 11.8 Å². The molecule has 0 bridgehead atoms. The number of carbonyl (C=O) groups excluding carboxylic acids is 3. The Balaban J connectivity index is 1.60. The van der Waals surface area contributed by atoms with Gasteiger partial charge in [0.15, 0.2) is 0 Å². The molecule has 7 heteroatoms. The van der Waals surface area contributed by atoms with Gasteiger partial charge in [-0.05, 0) is 23.6 Å². The lowest BCUT2D eigenvalue weighted by Gasteiger charge is -2.38. The molecule has 3 N–H and O–H groups in total. The van der Waals surface area contributed by atoms with Crippen molar-refractivity contribution in [3.63, 3.8) is 0 Å². The number of fused-ring (bicyclic) bond motifs is 1. The summed E-state index contributed by atoms with van der Waals surface area (Å²) < 4.78 is 0. The molecule has 0 saturated carbocycles. The summed E-state index contributed by atoms with van der Waals surface area (Å²) in [7, 11) is 0. The number of benzene rings is 1. The zero-order valence-electron chi connectivity index (χ0n) is 12.5. The minimum Gasteiger partial charge on any atom is -0.382 e. The number of aliphatic hydroxyl groups is 1. The van der Waals surface area contributed by atoms with Crippen LogP contribution in [0.4, 0.5) is 0 Å². The van der Waals surface area contributed by atoms with E-state index in [4.69, 9.17) is 0 Å². The van der Waals surface area contributed by atoms with Crippen molar-refractivity contribution in [1.82, 2.24) is 15.5 Å². The van der Waals surface area contributed by atoms with Crippen molar-refractivity contribution in [1.29, 1.82) is 0 Å². The van der Waals surface area contributed by atoms with Crippen LogP contribution in [0.15, 0.2) is 18.2 Å². The van der Waals surface area contributed by atoms with Crippen molar-refractivity contribution < 1.29 is 19.5 Å². The van der Waals surface area contributed by atoms with Crippen LogP contribution in [-0.2, 0) is 21.7 Å². The predicted molar refractivity (Wildman–Crippen MR) is 79.3 cm³/mol. The van der Waals surface area contributed by atoms with Crippen LogP contribution in [-0.4, -0.2) is 46.9 Å². The Morgan fingerprint density at radius 1 is 1.22 bits per heavy atom. The van der Waals surface area contributed by atoms with Crippen LogP contribution < -0.4 is 10.6 Å². The zero-order valence-corrected chi connectivity index (χ0v) is 12.5. The molecule has 120 valence electrons. The summed E-state index contributed by atoms with van der Waals surface area (Å²) in [4.78, 5) is 37.3. The van der Waals surface area contributed by atoms with E-state index >= 15 is 0 Å². The van der Waals surface area contributed by atoms with Gasteiger partial charge >= 0.3 is 0 Å². The number of hydrogen-bond acceptors (Lipinski definition) is 5. The highest BCUT2D eigenvalue weighted by Crippen LogP contribution is 2.32. The summed E-state index contributed by atoms with van der Waals surface area (Å²) in [6.45, 7) is 1.32. The average molecular weight is 315 g/mol. The predicted octanol–water partition coefficient (Wildman–Crippen LogP) is -0.762. The second kappa shape index (κ2) is 4.87. The first-order valence-electron chi connectivity index (χ1n) is 7.69. The third-order valence-corrected chi connectivity index (χ3v) is 4.90. The molecule has 3 aliphatic heterocycles. The minimum atomic E-state index is -0.875. The maximum Gasteiger partial charge on any atom is 0.255 e. The highest BCUT2D eigenvalue weighted by Gasteiger charge is 2.41. The van der Waals surface area contributed by atoms with E-state index in [0.717, 1.165) is 11.1 Å². The van der Waals surface area contributed by atoms with Gasteiger partial charge < -0.3 is 15.3 Å². The third-order valence-electron chi connectivity index (χ3n) is 4.90. The molecule has 2 fully saturated rings. The van der Waals surface area contributed by atoms with Gasteiger partial charge in [-0.1, -0.05) is 12.1 Å². The molecular formula is C16H17N3O4. The maximum atomic E-state index is 12.6. The van der Waals surface area contributed by atoms with Crippen LogP contribution in [0, 0.1) is 0 Å². The Morgan fingerprint density at radius 3 is 2.65 bits per heavy atom. The molecule has 0 aliphatic carbocycles. The number of amides is 3. The number of imide groups is 1. The van der Waals surface area contributed by atoms with Crippen LogP contribution in [0.2, 0.25) is 0 Å². The first-order valence-corrected chi connectivity index (χ1v) is 7.69. The molecule has 0 aromatic heterocycles. The smallest absolute Gasteiger partial charge is 0.255 e. The van der Waals surface area contributed by atoms with Gasteiger partial charge in [-0.15, -0.1) is 0 Å². The van der Waals surface area contributed by atoms with Gasteiger partial charge in [-0.25, -0.2) is 0 Å². The van der Waals surface area contributed by atoms with E-state index in [1.807, 2.05) is 6.07 Å². The second-order valence-electron chi connectivity index (χ2n) is 6.41. The molecule has 1 aromatic carbocycles. The first kappa shape index (κ1) is 14.3. The summed E-state index contributed by atoms with van der Waals surface area (Å²) >= 11 is 0. The Kier molecular flexibility index (Phi) is 3.04. The van der Waals surface area contributed by atoms with Crippen LogP contribution >= 0.6 is 0 Å². The van der Waals surface area contributed by atoms with Crippen LogP contribution in [0.3, 0.4) is 0 Å². The largest absolute Gasteiger partial charge is 0.382 e. The van der Waals surface area contributed by atoms with Gasteiger partial charge in [0.25, 0.3) is 5.91 Å². The van der Waals surface area contributed by atoms with Crippen molar-refractivity contribution in [3.8, 4) is 0 Å². The molecule has 0 spiro atoms. The van der Waals surface area contributed by atoms with Crippen molar-refractivity contribution in [2.45, 2.75) is 31.0 Å². The Morgan fingerprint density at radius 2 is 2.00 bits per heavy atom. The molecule has 1 aromatic rings. The molecule has 3 aliphatic rings. The molecule has 0 radical (unpaired) electrons. The molecule has 2 saturated heterocycles. The van der Waals surface area contributed by atoms with Crippen LogP contribution in [0.5, 0.6) is 0 Å². The second-order valence-corrected chi connectivity index (χ2v) is 6.41. The molecule has 1 unspecified atom stereocenters. The number of nitrogens with zero attached hydrogens (tertiary/aromatic N) is 1. The monoisotopic (exact) mass is 315 g/mol. The van der Waals surface area contributed by atoms with Gasteiger partial charge in [-0.2, -0.15) is 0 Å². The van der Waals surface area contributed by atoms with Gasteiger partial charge in [0.1, 0.15) is 11.6 Å². The quantitative estimate of drug-likeness (QED) is 0.623. The number of piperidine rings is 1. The van der Waals surface area contributed by atoms with E-state index in [9.17, 15) is 19.5 Å². The van der Waals surface area contributed by atoms with Gasteiger partial charge in [0.05, 0.1) is 0 Å². The molecule has 1 atom stereocenters. The highest BCUT2D eigenvalue weighted by atomic mass is 16.3. The Hall–Kier alpha value is -2.25. The number of β-amino-alcohol motifs (C(OH)–C–C–N with tert-alkyl or cyclic N) is 1. The average Bonchev–Trinajstić information content (AvgIpc) is 2.81. The number of nitrogens with one attached hydrogen (secondary N) is 2. The molecule has 3 heterocycles. The SMILES string of the molecule is O=C1CCC(N2Cc3cc(C4(O)CNC4)ccc3C2=O)C(=O)N1. The summed E-state index contributed by atoms with van der Waals surface area (Å²) in [6.07, 6.45) is 0.596. The van der Waals surface area contributed by atoms with E-state index in [1.54, 1.807) is 12.1 Å². The molecule has 23 heavy (non-hydrogen) atoms. The fraction of sp³-hybridized carbons (Fsp3) is 0.438. The minimum absolute atomic E-state index is 0.195. The molecule has 7 nitrogen and oxygen atoms in total. The van der Waals surface area contributed by atoms with Crippen molar-refractivity contribution in [3.05, 3.63) is 34.9 Å². The summed E-state index contributed by atoms with van der Waals surface area (Å²) in [5, 5.41) is 15.7. The third kappa shape index (κ3) is 2.15. The normalized spacial score (nSPS) is 25.9. The fourth-order valence-electron chi connectivity index (χ4n) is 3.43. The van der Waals surface area contributed by atoms with Crippen molar-refractivity contribution in [2.24, 2.45) is 0 Å². The molecular weight excluding hydrogens is 298 g/mol. The van der Waals surface area contributed by atoms with Crippen LogP contribution in [0.25, 0.3) is 0 Å². The van der Waals surface area contributed by atoms with Crippen molar-refractivity contribution >= 4 is 17.7 Å². The lowest BCUT2D eigenvalue weighted by Crippen LogP contribution is -2.56. The lowest BCUT2D eigenvalue weighted by molar-refractivity contribution is -0.136. The summed E-state index contributed by atoms with van der Waals surface area (Å²) in [5.74, 6) is -0.901. The Labute approximate surface area is 132 Å². The van der Waals surface area contributed by atoms with E-state index in [2.05, 4.69) is 10.6 Å². The van der Waals surface area contributed by atoms with Crippen molar-refractivity contribution in [2.75, 3.05) is 13.1 Å². The Bertz CT molecular complexity index is 726. The first-order chi connectivity index (χ1) is 11.0. The van der Waals surface area contributed by atoms with E-state index < -0.39 is 17.6 Å².